The summed E-state index contributed by atoms with van der Waals surface area (Å²) in [5.74, 6) is 6.17. The van der Waals surface area contributed by atoms with E-state index >= 15 is 0 Å². The molecule has 4 nitrogen and oxygen atoms in total. The molecule has 0 aromatic carbocycles. The predicted octanol–water partition coefficient (Wildman–Crippen LogP) is 1.38. The fourth-order valence-corrected chi connectivity index (χ4v) is 2.68. The molecule has 1 aliphatic heterocycles. The van der Waals surface area contributed by atoms with Crippen molar-refractivity contribution in [3.63, 3.8) is 0 Å². The molecule has 84 valence electrons. The lowest BCUT2D eigenvalue weighted by molar-refractivity contribution is 0.0531. The van der Waals surface area contributed by atoms with Gasteiger partial charge in [-0.05, 0) is 25.7 Å². The van der Waals surface area contributed by atoms with Crippen LogP contribution >= 0.6 is 11.3 Å². The van der Waals surface area contributed by atoms with E-state index in [1.54, 1.807) is 11.3 Å². The smallest absolute Gasteiger partial charge is 0.0898 e. The van der Waals surface area contributed by atoms with Crippen molar-refractivity contribution in [1.82, 2.24) is 10.4 Å². The summed E-state index contributed by atoms with van der Waals surface area (Å²) in [4.78, 5) is 4.49. The number of aryl methyl sites for hydroxylation is 1. The van der Waals surface area contributed by atoms with E-state index < -0.39 is 0 Å². The molecule has 2 rings (SSSR count). The number of ether oxygens (including phenoxy) is 1. The zero-order valence-corrected chi connectivity index (χ0v) is 9.72. The Morgan fingerprint density at radius 1 is 1.60 bits per heavy atom. The van der Waals surface area contributed by atoms with E-state index in [0.717, 1.165) is 36.8 Å². The zero-order chi connectivity index (χ0) is 10.7. The van der Waals surface area contributed by atoms with E-state index in [0.29, 0.717) is 5.92 Å². The van der Waals surface area contributed by atoms with Crippen molar-refractivity contribution in [2.75, 3.05) is 13.2 Å². The highest BCUT2D eigenvalue weighted by Crippen LogP contribution is 2.29. The second kappa shape index (κ2) is 5.03. The number of hydrazine groups is 1. The summed E-state index contributed by atoms with van der Waals surface area (Å²) in [5, 5.41) is 3.19. The Morgan fingerprint density at radius 2 is 2.33 bits per heavy atom. The average molecular weight is 227 g/mol. The van der Waals surface area contributed by atoms with Crippen molar-refractivity contribution >= 4 is 11.3 Å². The van der Waals surface area contributed by atoms with Crippen molar-refractivity contribution in [3.8, 4) is 0 Å². The van der Waals surface area contributed by atoms with Crippen LogP contribution in [0.2, 0.25) is 0 Å². The first kappa shape index (κ1) is 11.0. The third-order valence-corrected chi connectivity index (χ3v) is 3.66. The summed E-state index contributed by atoms with van der Waals surface area (Å²) in [7, 11) is 0. The Labute approximate surface area is 93.8 Å². The summed E-state index contributed by atoms with van der Waals surface area (Å²) < 4.78 is 5.35. The number of hydrogen-bond donors (Lipinski definition) is 2. The molecule has 5 heteroatoms. The highest BCUT2D eigenvalue weighted by Gasteiger charge is 2.25. The Kier molecular flexibility index (Phi) is 3.69. The van der Waals surface area contributed by atoms with E-state index in [1.165, 1.54) is 0 Å². The van der Waals surface area contributed by atoms with Crippen LogP contribution in [0, 0.1) is 12.8 Å². The summed E-state index contributed by atoms with van der Waals surface area (Å²) in [5.41, 5.74) is 3.97. The van der Waals surface area contributed by atoms with Gasteiger partial charge >= 0.3 is 0 Å². The number of rotatable bonds is 3. The molecule has 0 radical (unpaired) electrons. The van der Waals surface area contributed by atoms with Crippen LogP contribution < -0.4 is 11.3 Å². The summed E-state index contributed by atoms with van der Waals surface area (Å²) >= 11 is 1.67. The van der Waals surface area contributed by atoms with E-state index in [-0.39, 0.29) is 6.04 Å². The lowest BCUT2D eigenvalue weighted by Gasteiger charge is -2.28. The molecule has 15 heavy (non-hydrogen) atoms. The monoisotopic (exact) mass is 227 g/mol. The quantitative estimate of drug-likeness (QED) is 0.605. The first-order valence-corrected chi connectivity index (χ1v) is 6.15. The number of nitrogens with one attached hydrogen (secondary N) is 1. The molecular formula is C10H17N3OS. The molecule has 0 amide bonds. The maximum absolute atomic E-state index is 5.62. The van der Waals surface area contributed by atoms with Crippen LogP contribution in [0.5, 0.6) is 0 Å². The Morgan fingerprint density at radius 3 is 2.87 bits per heavy atom. The highest BCUT2D eigenvalue weighted by molar-refractivity contribution is 7.09. The molecule has 1 saturated heterocycles. The zero-order valence-electron chi connectivity index (χ0n) is 8.90. The van der Waals surface area contributed by atoms with E-state index in [1.807, 2.05) is 6.92 Å². The molecule has 1 aromatic heterocycles. The van der Waals surface area contributed by atoms with Crippen molar-refractivity contribution in [2.45, 2.75) is 25.8 Å². The van der Waals surface area contributed by atoms with Gasteiger partial charge in [0, 0.05) is 18.6 Å². The van der Waals surface area contributed by atoms with Crippen molar-refractivity contribution in [1.29, 1.82) is 0 Å². The largest absolute Gasteiger partial charge is 0.381 e. The average Bonchev–Trinajstić information content (AvgIpc) is 2.68. The molecule has 1 atom stereocenters. The number of nitrogens with two attached hydrogens (primary N) is 1. The molecule has 0 saturated carbocycles. The minimum Gasteiger partial charge on any atom is -0.381 e. The van der Waals surface area contributed by atoms with Crippen LogP contribution in [-0.4, -0.2) is 18.2 Å². The second-order valence-corrected chi connectivity index (χ2v) is 4.95. The third-order valence-electron chi connectivity index (χ3n) is 2.87. The van der Waals surface area contributed by atoms with Gasteiger partial charge in [-0.1, -0.05) is 0 Å². The van der Waals surface area contributed by atoms with Crippen LogP contribution in [0.4, 0.5) is 0 Å². The Balaban J connectivity index is 2.08. The molecule has 1 aromatic rings. The maximum atomic E-state index is 5.62. The molecule has 0 aliphatic carbocycles. The van der Waals surface area contributed by atoms with Crippen LogP contribution in [0.1, 0.15) is 29.6 Å². The van der Waals surface area contributed by atoms with Crippen molar-refractivity contribution < 1.29 is 4.74 Å². The Bertz CT molecular complexity index is 309. The highest BCUT2D eigenvalue weighted by atomic mass is 32.1. The lowest BCUT2D eigenvalue weighted by atomic mass is 9.90. The molecule has 0 bridgehead atoms. The fourth-order valence-electron chi connectivity index (χ4n) is 2.04. The minimum atomic E-state index is 0.179. The van der Waals surface area contributed by atoms with Gasteiger partial charge in [-0.15, -0.1) is 11.3 Å². The van der Waals surface area contributed by atoms with Gasteiger partial charge < -0.3 is 4.74 Å². The first-order chi connectivity index (χ1) is 7.31. The minimum absolute atomic E-state index is 0.179. The Hall–Kier alpha value is -0.490. The van der Waals surface area contributed by atoms with Gasteiger partial charge in [-0.2, -0.15) is 0 Å². The molecule has 1 unspecified atom stereocenters. The van der Waals surface area contributed by atoms with Gasteiger partial charge in [-0.3, -0.25) is 11.3 Å². The van der Waals surface area contributed by atoms with E-state index in [9.17, 15) is 0 Å². The molecule has 3 N–H and O–H groups in total. The van der Waals surface area contributed by atoms with Crippen molar-refractivity contribution in [3.05, 3.63) is 16.1 Å². The normalized spacial score (nSPS) is 20.4. The van der Waals surface area contributed by atoms with Crippen LogP contribution in [0.3, 0.4) is 0 Å². The standard InChI is InChI=1S/C10H17N3OS/c1-7-12-9(6-15-7)10(13-11)8-2-4-14-5-3-8/h6,8,10,13H,2-5,11H2,1H3. The van der Waals surface area contributed by atoms with Crippen molar-refractivity contribution in [2.24, 2.45) is 11.8 Å². The third kappa shape index (κ3) is 2.55. The van der Waals surface area contributed by atoms with Gasteiger partial charge in [0.15, 0.2) is 0 Å². The van der Waals surface area contributed by atoms with E-state index in [2.05, 4.69) is 15.8 Å². The van der Waals surface area contributed by atoms with Gasteiger partial charge in [0.2, 0.25) is 0 Å². The molecule has 2 heterocycles. The second-order valence-electron chi connectivity index (χ2n) is 3.89. The lowest BCUT2D eigenvalue weighted by Crippen LogP contribution is -2.36. The fraction of sp³-hybridized carbons (Fsp3) is 0.700. The van der Waals surface area contributed by atoms with Gasteiger partial charge in [0.1, 0.15) is 0 Å². The molecule has 0 spiro atoms. The number of hydrogen-bond acceptors (Lipinski definition) is 5. The number of aromatic nitrogens is 1. The van der Waals surface area contributed by atoms with Crippen LogP contribution in [-0.2, 0) is 4.74 Å². The van der Waals surface area contributed by atoms with E-state index in [4.69, 9.17) is 10.6 Å². The molecule has 1 fully saturated rings. The van der Waals surface area contributed by atoms with Gasteiger partial charge in [-0.25, -0.2) is 4.98 Å². The SMILES string of the molecule is Cc1nc(C(NN)C2CCOCC2)cs1. The maximum Gasteiger partial charge on any atom is 0.0898 e. The first-order valence-electron chi connectivity index (χ1n) is 5.27. The number of nitrogens with zero attached hydrogens (tertiary/aromatic N) is 1. The van der Waals surface area contributed by atoms with Crippen LogP contribution in [0.15, 0.2) is 5.38 Å². The van der Waals surface area contributed by atoms with Crippen LogP contribution in [0.25, 0.3) is 0 Å². The summed E-state index contributed by atoms with van der Waals surface area (Å²) in [6, 6.07) is 0.179. The summed E-state index contributed by atoms with van der Waals surface area (Å²) in [6.07, 6.45) is 2.12. The topological polar surface area (TPSA) is 60.2 Å². The summed E-state index contributed by atoms with van der Waals surface area (Å²) in [6.45, 7) is 3.70. The number of thiazole rings is 1. The predicted molar refractivity (Wildman–Crippen MR) is 60.5 cm³/mol. The van der Waals surface area contributed by atoms with Gasteiger partial charge in [0.25, 0.3) is 0 Å². The van der Waals surface area contributed by atoms with Gasteiger partial charge in [0.05, 0.1) is 16.7 Å². The molecular weight excluding hydrogens is 210 g/mol. The molecule has 1 aliphatic rings.